The Morgan fingerprint density at radius 1 is 1.17 bits per heavy atom. The summed E-state index contributed by atoms with van der Waals surface area (Å²) in [5.41, 5.74) is 1.64. The van der Waals surface area contributed by atoms with E-state index >= 15 is 0 Å². The average Bonchev–Trinajstić information content (AvgIpc) is 3.09. The van der Waals surface area contributed by atoms with Gasteiger partial charge in [-0.05, 0) is 43.2 Å². The standard InChI is InChI=1S/C20H21FN4O3S/c1-12-18(29-20(24-12)25-17-7-5-14(21)11-23-17)19(26)22-9-8-13-4-6-15(27-2)16(10-13)28-3/h4-7,10-11H,8-9H2,1-3H3,(H,22,26)(H,23,24,25). The summed E-state index contributed by atoms with van der Waals surface area (Å²) in [5.74, 6) is 1.16. The zero-order valence-corrected chi connectivity index (χ0v) is 17.1. The van der Waals surface area contributed by atoms with Crippen molar-refractivity contribution in [3.8, 4) is 11.5 Å². The Bertz CT molecular complexity index is 992. The third kappa shape index (κ3) is 5.20. The molecule has 0 radical (unpaired) electrons. The molecule has 0 aliphatic rings. The number of carbonyl (C=O) groups excluding carboxylic acids is 1. The smallest absolute Gasteiger partial charge is 0.263 e. The zero-order valence-electron chi connectivity index (χ0n) is 16.3. The number of aromatic nitrogens is 2. The molecule has 0 saturated carbocycles. The van der Waals surface area contributed by atoms with Crippen LogP contribution in [0.25, 0.3) is 0 Å². The molecule has 1 amide bonds. The van der Waals surface area contributed by atoms with Gasteiger partial charge in [0.05, 0.1) is 26.1 Å². The van der Waals surface area contributed by atoms with Crippen LogP contribution in [-0.2, 0) is 6.42 Å². The number of carbonyl (C=O) groups is 1. The summed E-state index contributed by atoms with van der Waals surface area (Å²) in [6, 6.07) is 8.47. The molecule has 0 spiro atoms. The molecule has 1 aromatic carbocycles. The van der Waals surface area contributed by atoms with Crippen molar-refractivity contribution in [1.82, 2.24) is 15.3 Å². The number of anilines is 2. The van der Waals surface area contributed by atoms with Crippen molar-refractivity contribution in [1.29, 1.82) is 0 Å². The van der Waals surface area contributed by atoms with Crippen LogP contribution in [0.1, 0.15) is 20.9 Å². The summed E-state index contributed by atoms with van der Waals surface area (Å²) in [7, 11) is 3.17. The van der Waals surface area contributed by atoms with Crippen molar-refractivity contribution in [2.75, 3.05) is 26.1 Å². The molecular formula is C20H21FN4O3S. The van der Waals surface area contributed by atoms with E-state index in [0.29, 0.717) is 46.0 Å². The predicted molar refractivity (Wildman–Crippen MR) is 110 cm³/mol. The number of nitrogens with one attached hydrogen (secondary N) is 2. The lowest BCUT2D eigenvalue weighted by molar-refractivity contribution is 0.0957. The number of thiazole rings is 1. The van der Waals surface area contributed by atoms with Crippen molar-refractivity contribution in [3.05, 3.63) is 58.5 Å². The molecule has 0 atom stereocenters. The quantitative estimate of drug-likeness (QED) is 0.582. The minimum atomic E-state index is -0.416. The van der Waals surface area contributed by atoms with Gasteiger partial charge in [-0.2, -0.15) is 0 Å². The number of nitrogens with zero attached hydrogens (tertiary/aromatic N) is 2. The molecule has 0 unspecified atom stereocenters. The molecule has 2 N–H and O–H groups in total. The predicted octanol–water partition coefficient (Wildman–Crippen LogP) is 3.72. The maximum absolute atomic E-state index is 13.0. The van der Waals surface area contributed by atoms with E-state index in [9.17, 15) is 9.18 Å². The molecule has 0 fully saturated rings. The highest BCUT2D eigenvalue weighted by atomic mass is 32.1. The number of amides is 1. The number of methoxy groups -OCH3 is 2. The Morgan fingerprint density at radius 2 is 1.97 bits per heavy atom. The summed E-state index contributed by atoms with van der Waals surface area (Å²) >= 11 is 1.22. The fourth-order valence-electron chi connectivity index (χ4n) is 2.66. The van der Waals surface area contributed by atoms with Crippen molar-refractivity contribution in [3.63, 3.8) is 0 Å². The summed E-state index contributed by atoms with van der Waals surface area (Å²) in [6.07, 6.45) is 1.76. The lowest BCUT2D eigenvalue weighted by atomic mass is 10.1. The van der Waals surface area contributed by atoms with Crippen LogP contribution in [0.4, 0.5) is 15.3 Å². The SMILES string of the molecule is COc1ccc(CCNC(=O)c2sc(Nc3ccc(F)cn3)nc2C)cc1OC. The second kappa shape index (κ2) is 9.33. The number of hydrogen-bond donors (Lipinski definition) is 2. The molecule has 2 aromatic heterocycles. The normalized spacial score (nSPS) is 10.5. The van der Waals surface area contributed by atoms with E-state index in [0.717, 1.165) is 11.8 Å². The Hall–Kier alpha value is -3.20. The van der Waals surface area contributed by atoms with Gasteiger partial charge in [0, 0.05) is 6.54 Å². The highest BCUT2D eigenvalue weighted by Crippen LogP contribution is 2.28. The Labute approximate surface area is 171 Å². The van der Waals surface area contributed by atoms with E-state index in [1.807, 2.05) is 18.2 Å². The molecule has 152 valence electrons. The van der Waals surface area contributed by atoms with Gasteiger partial charge in [0.2, 0.25) is 0 Å². The number of halogens is 1. The van der Waals surface area contributed by atoms with Crippen LogP contribution in [0, 0.1) is 12.7 Å². The van der Waals surface area contributed by atoms with E-state index in [2.05, 4.69) is 20.6 Å². The van der Waals surface area contributed by atoms with Gasteiger partial charge in [0.15, 0.2) is 16.6 Å². The molecule has 0 saturated heterocycles. The Morgan fingerprint density at radius 3 is 2.66 bits per heavy atom. The van der Waals surface area contributed by atoms with E-state index in [1.165, 1.54) is 23.5 Å². The molecular weight excluding hydrogens is 395 g/mol. The van der Waals surface area contributed by atoms with Gasteiger partial charge in [0.1, 0.15) is 16.5 Å². The highest BCUT2D eigenvalue weighted by molar-refractivity contribution is 7.17. The van der Waals surface area contributed by atoms with Crippen molar-refractivity contribution in [2.45, 2.75) is 13.3 Å². The number of benzene rings is 1. The molecule has 29 heavy (non-hydrogen) atoms. The molecule has 9 heteroatoms. The molecule has 3 aromatic rings. The van der Waals surface area contributed by atoms with Gasteiger partial charge in [-0.25, -0.2) is 14.4 Å². The first-order valence-corrected chi connectivity index (χ1v) is 9.67. The van der Waals surface area contributed by atoms with Crippen LogP contribution in [0.15, 0.2) is 36.5 Å². The van der Waals surface area contributed by atoms with E-state index in [1.54, 1.807) is 21.1 Å². The van der Waals surface area contributed by atoms with Crippen LogP contribution >= 0.6 is 11.3 Å². The maximum atomic E-state index is 13.0. The first kappa shape index (κ1) is 20.5. The first-order chi connectivity index (χ1) is 14.0. The third-order valence-electron chi connectivity index (χ3n) is 4.11. The van der Waals surface area contributed by atoms with Crippen molar-refractivity contribution < 1.29 is 18.7 Å². The second-order valence-corrected chi connectivity index (χ2v) is 7.11. The summed E-state index contributed by atoms with van der Waals surface area (Å²) in [6.45, 7) is 2.23. The summed E-state index contributed by atoms with van der Waals surface area (Å²) in [5, 5.41) is 6.40. The first-order valence-electron chi connectivity index (χ1n) is 8.85. The van der Waals surface area contributed by atoms with E-state index < -0.39 is 5.82 Å². The molecule has 0 aliphatic carbocycles. The van der Waals surface area contributed by atoms with Gasteiger partial charge in [-0.1, -0.05) is 17.4 Å². The maximum Gasteiger partial charge on any atom is 0.263 e. The van der Waals surface area contributed by atoms with Crippen LogP contribution < -0.4 is 20.1 Å². The zero-order chi connectivity index (χ0) is 20.8. The minimum Gasteiger partial charge on any atom is -0.493 e. The number of rotatable bonds is 8. The van der Waals surface area contributed by atoms with Gasteiger partial charge in [0.25, 0.3) is 5.91 Å². The molecule has 2 heterocycles. The van der Waals surface area contributed by atoms with Crippen LogP contribution in [0.2, 0.25) is 0 Å². The second-order valence-electron chi connectivity index (χ2n) is 6.12. The van der Waals surface area contributed by atoms with Crippen molar-refractivity contribution in [2.24, 2.45) is 0 Å². The van der Waals surface area contributed by atoms with Gasteiger partial charge >= 0.3 is 0 Å². The summed E-state index contributed by atoms with van der Waals surface area (Å²) in [4.78, 5) is 21.3. The fourth-order valence-corrected chi connectivity index (χ4v) is 3.55. The fraction of sp³-hybridized carbons (Fsp3) is 0.250. The average molecular weight is 416 g/mol. The van der Waals surface area contributed by atoms with Crippen molar-refractivity contribution >= 4 is 28.2 Å². The van der Waals surface area contributed by atoms with Crippen LogP contribution in [0.5, 0.6) is 11.5 Å². The molecule has 0 aliphatic heterocycles. The van der Waals surface area contributed by atoms with Gasteiger partial charge in [-0.3, -0.25) is 4.79 Å². The number of aryl methyl sites for hydroxylation is 1. The lowest BCUT2D eigenvalue weighted by Gasteiger charge is -2.10. The number of hydrogen-bond acceptors (Lipinski definition) is 7. The Balaban J connectivity index is 1.58. The molecule has 0 bridgehead atoms. The topological polar surface area (TPSA) is 85.4 Å². The number of pyridine rings is 1. The van der Waals surface area contributed by atoms with Gasteiger partial charge in [-0.15, -0.1) is 0 Å². The van der Waals surface area contributed by atoms with Gasteiger partial charge < -0.3 is 20.1 Å². The Kier molecular flexibility index (Phi) is 6.61. The van der Waals surface area contributed by atoms with E-state index in [4.69, 9.17) is 9.47 Å². The van der Waals surface area contributed by atoms with Crippen LogP contribution in [-0.4, -0.2) is 36.6 Å². The lowest BCUT2D eigenvalue weighted by Crippen LogP contribution is -2.25. The highest BCUT2D eigenvalue weighted by Gasteiger charge is 2.15. The third-order valence-corrected chi connectivity index (χ3v) is 5.18. The summed E-state index contributed by atoms with van der Waals surface area (Å²) < 4.78 is 23.5. The monoisotopic (exact) mass is 416 g/mol. The van der Waals surface area contributed by atoms with Crippen LogP contribution in [0.3, 0.4) is 0 Å². The van der Waals surface area contributed by atoms with E-state index in [-0.39, 0.29) is 5.91 Å². The minimum absolute atomic E-state index is 0.194. The number of ether oxygens (including phenoxy) is 2. The largest absolute Gasteiger partial charge is 0.493 e. The molecule has 3 rings (SSSR count). The molecule has 7 nitrogen and oxygen atoms in total.